The predicted octanol–water partition coefficient (Wildman–Crippen LogP) is -1.26. The molecule has 2 aromatic rings. The van der Waals surface area contributed by atoms with Crippen LogP contribution < -0.4 is 5.73 Å². The maximum absolute atomic E-state index is 11.7. The molecule has 11 heteroatoms. The summed E-state index contributed by atoms with van der Waals surface area (Å²) in [7, 11) is 0. The first-order chi connectivity index (χ1) is 11.2. The number of nitrogens with two attached hydrogens (primary N) is 1. The molecule has 0 aliphatic heterocycles. The Kier molecular flexibility index (Phi) is 4.46. The summed E-state index contributed by atoms with van der Waals surface area (Å²) < 4.78 is 6.18. The van der Waals surface area contributed by atoms with Crippen LogP contribution in [0.3, 0.4) is 0 Å². The smallest absolute Gasteiger partial charge is 0.347 e. The number of aliphatic carboxylic acids is 1. The third-order valence-electron chi connectivity index (χ3n) is 3.43. The first kappa shape index (κ1) is 17.3. The first-order valence-electron chi connectivity index (χ1n) is 6.73. The summed E-state index contributed by atoms with van der Waals surface area (Å²) in [6.45, 7) is 1.54. The van der Waals surface area contributed by atoms with Gasteiger partial charge in [0.2, 0.25) is 0 Å². The average Bonchev–Trinajstić information content (AvgIpc) is 2.89. The number of anilines is 1. The Balaban J connectivity index is 2.49. The van der Waals surface area contributed by atoms with Crippen molar-refractivity contribution in [3.63, 3.8) is 0 Å². The zero-order valence-electron chi connectivity index (χ0n) is 12.8. The standard InChI is InChI=1S/C13H15N5O6/c1-6(19)13(23,12(21)22)8(24-7(2)20)3-18-5-17-9-10(14)15-4-16-11(9)18/h4-5,8,23H,3H2,1-2H3,(H,21,22)(H2,14,15,16)/t8-,13-/m1/s1. The fourth-order valence-corrected chi connectivity index (χ4v) is 2.18. The van der Waals surface area contributed by atoms with Crippen LogP contribution in [0.4, 0.5) is 5.82 Å². The number of carboxylic acids is 1. The topological polar surface area (TPSA) is 171 Å². The molecule has 0 aromatic carbocycles. The van der Waals surface area contributed by atoms with Crippen molar-refractivity contribution in [3.8, 4) is 0 Å². The van der Waals surface area contributed by atoms with E-state index in [-0.39, 0.29) is 23.5 Å². The van der Waals surface area contributed by atoms with Gasteiger partial charge in [-0.05, 0) is 6.92 Å². The van der Waals surface area contributed by atoms with Crippen molar-refractivity contribution >= 4 is 34.7 Å². The number of imidazole rings is 1. The summed E-state index contributed by atoms with van der Waals surface area (Å²) >= 11 is 0. The molecule has 0 unspecified atom stereocenters. The normalized spacial score (nSPS) is 14.8. The minimum atomic E-state index is -2.92. The van der Waals surface area contributed by atoms with Gasteiger partial charge in [0.25, 0.3) is 5.60 Å². The minimum Gasteiger partial charge on any atom is -0.479 e. The van der Waals surface area contributed by atoms with E-state index in [1.54, 1.807) is 0 Å². The summed E-state index contributed by atoms with van der Waals surface area (Å²) in [4.78, 5) is 46.1. The SMILES string of the molecule is CC(=O)O[C@H](Cn1cnc2c(N)ncnc21)[C@](O)(C(C)=O)C(=O)O. The highest BCUT2D eigenvalue weighted by Crippen LogP contribution is 2.21. The fraction of sp³-hybridized carbons (Fsp3) is 0.385. The molecule has 0 fully saturated rings. The summed E-state index contributed by atoms with van der Waals surface area (Å²) in [6.07, 6.45) is 0.734. The number of ether oxygens (including phenoxy) is 1. The van der Waals surface area contributed by atoms with Crippen LogP contribution in [0.15, 0.2) is 12.7 Å². The molecular weight excluding hydrogens is 322 g/mol. The summed E-state index contributed by atoms with van der Waals surface area (Å²) in [5.41, 5.74) is 3.22. The number of ketones is 1. The third kappa shape index (κ3) is 2.88. The van der Waals surface area contributed by atoms with Crippen LogP contribution in [0, 0.1) is 0 Å². The van der Waals surface area contributed by atoms with Gasteiger partial charge in [0.05, 0.1) is 12.9 Å². The average molecular weight is 337 g/mol. The van der Waals surface area contributed by atoms with Crippen molar-refractivity contribution in [3.05, 3.63) is 12.7 Å². The van der Waals surface area contributed by atoms with E-state index in [9.17, 15) is 24.6 Å². The molecule has 24 heavy (non-hydrogen) atoms. The zero-order valence-corrected chi connectivity index (χ0v) is 12.8. The van der Waals surface area contributed by atoms with E-state index in [4.69, 9.17) is 10.5 Å². The Morgan fingerprint density at radius 3 is 2.54 bits per heavy atom. The number of Topliss-reactive ketones (excluding diaryl/α,β-unsaturated/α-hetero) is 1. The highest BCUT2D eigenvalue weighted by molar-refractivity contribution is 6.06. The minimum absolute atomic E-state index is 0.0999. The van der Waals surface area contributed by atoms with Crippen LogP contribution in [-0.4, -0.2) is 59.2 Å². The lowest BCUT2D eigenvalue weighted by atomic mass is 9.92. The Hall–Kier alpha value is -3.08. The van der Waals surface area contributed by atoms with Gasteiger partial charge in [0.15, 0.2) is 23.4 Å². The molecule has 11 nitrogen and oxygen atoms in total. The Bertz CT molecular complexity index is 802. The van der Waals surface area contributed by atoms with Gasteiger partial charge in [-0.1, -0.05) is 0 Å². The van der Waals surface area contributed by atoms with Crippen molar-refractivity contribution in [2.24, 2.45) is 0 Å². The van der Waals surface area contributed by atoms with Gasteiger partial charge in [0.1, 0.15) is 11.8 Å². The van der Waals surface area contributed by atoms with Gasteiger partial charge >= 0.3 is 11.9 Å². The number of nitrogen functional groups attached to an aromatic ring is 1. The van der Waals surface area contributed by atoms with E-state index in [0.29, 0.717) is 0 Å². The lowest BCUT2D eigenvalue weighted by Gasteiger charge is -2.29. The van der Waals surface area contributed by atoms with Crippen LogP contribution in [0.2, 0.25) is 0 Å². The molecule has 128 valence electrons. The first-order valence-corrected chi connectivity index (χ1v) is 6.73. The summed E-state index contributed by atoms with van der Waals surface area (Å²) in [6, 6.07) is 0. The van der Waals surface area contributed by atoms with E-state index in [0.717, 1.165) is 13.8 Å². The number of carbonyl (C=O) groups is 3. The van der Waals surface area contributed by atoms with Crippen LogP contribution in [-0.2, 0) is 25.7 Å². The number of esters is 1. The molecule has 0 radical (unpaired) electrons. The Labute approximate surface area is 135 Å². The molecule has 4 N–H and O–H groups in total. The van der Waals surface area contributed by atoms with Crippen molar-refractivity contribution in [2.45, 2.75) is 32.1 Å². The maximum atomic E-state index is 11.7. The summed E-state index contributed by atoms with van der Waals surface area (Å²) in [5, 5.41) is 19.5. The number of carbonyl (C=O) groups excluding carboxylic acids is 2. The second-order valence-electron chi connectivity index (χ2n) is 5.05. The van der Waals surface area contributed by atoms with Gasteiger partial charge in [0, 0.05) is 6.92 Å². The van der Waals surface area contributed by atoms with E-state index < -0.39 is 29.4 Å². The zero-order chi connectivity index (χ0) is 18.1. The van der Waals surface area contributed by atoms with E-state index >= 15 is 0 Å². The molecule has 2 rings (SSSR count). The predicted molar refractivity (Wildman–Crippen MR) is 78.6 cm³/mol. The number of aliphatic hydroxyl groups is 1. The second kappa shape index (κ2) is 6.20. The van der Waals surface area contributed by atoms with Crippen molar-refractivity contribution < 1.29 is 29.3 Å². The molecule has 0 saturated carbocycles. The van der Waals surface area contributed by atoms with E-state index in [1.807, 2.05) is 0 Å². The number of fused-ring (bicyclic) bond motifs is 1. The Morgan fingerprint density at radius 2 is 2.00 bits per heavy atom. The number of hydrogen-bond acceptors (Lipinski definition) is 9. The van der Waals surface area contributed by atoms with Crippen molar-refractivity contribution in [1.82, 2.24) is 19.5 Å². The van der Waals surface area contributed by atoms with Gasteiger partial charge in [-0.25, -0.2) is 19.7 Å². The van der Waals surface area contributed by atoms with E-state index in [1.165, 1.54) is 17.2 Å². The fourth-order valence-electron chi connectivity index (χ4n) is 2.18. The molecule has 0 amide bonds. The van der Waals surface area contributed by atoms with Crippen LogP contribution >= 0.6 is 0 Å². The number of aromatic nitrogens is 4. The molecule has 2 heterocycles. The molecule has 2 aromatic heterocycles. The third-order valence-corrected chi connectivity index (χ3v) is 3.43. The molecule has 0 aliphatic rings. The number of carboxylic acid groups (broad SMARTS) is 1. The lowest BCUT2D eigenvalue weighted by Crippen LogP contribution is -2.57. The van der Waals surface area contributed by atoms with Gasteiger partial charge in [-0.15, -0.1) is 0 Å². The highest BCUT2D eigenvalue weighted by atomic mass is 16.6. The summed E-state index contributed by atoms with van der Waals surface area (Å²) in [5.74, 6) is -3.68. The largest absolute Gasteiger partial charge is 0.479 e. The lowest BCUT2D eigenvalue weighted by molar-refractivity contribution is -0.186. The second-order valence-corrected chi connectivity index (χ2v) is 5.05. The Morgan fingerprint density at radius 1 is 1.33 bits per heavy atom. The molecule has 0 bridgehead atoms. The van der Waals surface area contributed by atoms with Gasteiger partial charge < -0.3 is 25.3 Å². The molecule has 2 atom stereocenters. The molecule has 0 saturated heterocycles. The number of rotatable bonds is 6. The quantitative estimate of drug-likeness (QED) is 0.427. The molecular formula is C13H15N5O6. The van der Waals surface area contributed by atoms with Crippen LogP contribution in [0.5, 0.6) is 0 Å². The van der Waals surface area contributed by atoms with E-state index in [2.05, 4.69) is 15.0 Å². The van der Waals surface area contributed by atoms with Crippen molar-refractivity contribution in [1.29, 1.82) is 0 Å². The highest BCUT2D eigenvalue weighted by Gasteiger charge is 2.51. The maximum Gasteiger partial charge on any atom is 0.347 e. The molecule has 0 aliphatic carbocycles. The monoisotopic (exact) mass is 337 g/mol. The van der Waals surface area contributed by atoms with Crippen molar-refractivity contribution in [2.75, 3.05) is 5.73 Å². The number of hydrogen-bond donors (Lipinski definition) is 3. The van der Waals surface area contributed by atoms with Gasteiger partial charge in [-0.3, -0.25) is 9.59 Å². The van der Waals surface area contributed by atoms with Gasteiger partial charge in [-0.2, -0.15) is 0 Å². The van der Waals surface area contributed by atoms with Crippen LogP contribution in [0.25, 0.3) is 11.2 Å². The molecule has 0 spiro atoms. The number of nitrogens with zero attached hydrogens (tertiary/aromatic N) is 4. The van der Waals surface area contributed by atoms with Crippen LogP contribution in [0.1, 0.15) is 13.8 Å².